The Morgan fingerprint density at radius 2 is 2.06 bits per heavy atom. The van der Waals surface area contributed by atoms with Gasteiger partial charge in [-0.25, -0.2) is 0 Å². The molecule has 0 saturated heterocycles. The van der Waals surface area contributed by atoms with Crippen LogP contribution in [0.4, 0.5) is 0 Å². The zero-order chi connectivity index (χ0) is 12.8. The maximum absolute atomic E-state index is 6.12. The van der Waals surface area contributed by atoms with Crippen molar-refractivity contribution >= 4 is 0 Å². The molecule has 0 aromatic carbocycles. The minimum atomic E-state index is 0.0145. The van der Waals surface area contributed by atoms with Gasteiger partial charge in [0.25, 0.3) is 0 Å². The van der Waals surface area contributed by atoms with E-state index in [4.69, 9.17) is 10.5 Å². The highest BCUT2D eigenvalue weighted by Crippen LogP contribution is 2.19. The summed E-state index contributed by atoms with van der Waals surface area (Å²) in [6.45, 7) is 4.97. The normalized spacial score (nSPS) is 13.1. The molecule has 17 heavy (non-hydrogen) atoms. The minimum absolute atomic E-state index is 0.0145. The fraction of sp³-hybridized carbons (Fsp3) is 0.615. The predicted octanol–water partition coefficient (Wildman–Crippen LogP) is 1.82. The van der Waals surface area contributed by atoms with Crippen molar-refractivity contribution in [3.8, 4) is 5.75 Å². The zero-order valence-electron chi connectivity index (χ0n) is 11.2. The molecule has 0 aliphatic heterocycles. The van der Waals surface area contributed by atoms with E-state index < -0.39 is 0 Å². The average Bonchev–Trinajstić information content (AvgIpc) is 2.25. The van der Waals surface area contributed by atoms with Crippen LogP contribution in [0.2, 0.25) is 0 Å². The van der Waals surface area contributed by atoms with Gasteiger partial charge in [0.2, 0.25) is 0 Å². The molecule has 0 spiro atoms. The first-order valence-corrected chi connectivity index (χ1v) is 6.01. The van der Waals surface area contributed by atoms with E-state index in [1.807, 2.05) is 40.2 Å². The Morgan fingerprint density at radius 1 is 1.35 bits per heavy atom. The Balaban J connectivity index is 2.63. The molecule has 1 aromatic heterocycles. The third-order valence-corrected chi connectivity index (χ3v) is 2.42. The van der Waals surface area contributed by atoms with Gasteiger partial charge in [0, 0.05) is 12.2 Å². The molecular formula is C13H23N3O. The third kappa shape index (κ3) is 5.15. The van der Waals surface area contributed by atoms with Crippen molar-refractivity contribution in [1.29, 1.82) is 0 Å². The Bertz CT molecular complexity index is 339. The topological polar surface area (TPSA) is 51.4 Å². The van der Waals surface area contributed by atoms with Crippen LogP contribution < -0.4 is 10.5 Å². The highest BCUT2D eigenvalue weighted by atomic mass is 16.5. The van der Waals surface area contributed by atoms with Gasteiger partial charge < -0.3 is 15.4 Å². The van der Waals surface area contributed by atoms with Gasteiger partial charge in [0.15, 0.2) is 0 Å². The Hall–Kier alpha value is -1.13. The lowest BCUT2D eigenvalue weighted by atomic mass is 10.1. The minimum Gasteiger partial charge on any atom is -0.489 e. The van der Waals surface area contributed by atoms with Gasteiger partial charge in [0.05, 0.1) is 12.3 Å². The van der Waals surface area contributed by atoms with E-state index >= 15 is 0 Å². The maximum Gasteiger partial charge on any atom is 0.138 e. The summed E-state index contributed by atoms with van der Waals surface area (Å²) >= 11 is 0. The third-order valence-electron chi connectivity index (χ3n) is 2.42. The first kappa shape index (κ1) is 13.9. The SMILES string of the molecule is CC(C)Oc1cncc(C(N)CCN(C)C)c1. The van der Waals surface area contributed by atoms with Crippen LogP contribution in [-0.2, 0) is 0 Å². The first-order valence-electron chi connectivity index (χ1n) is 6.01. The molecule has 0 fully saturated rings. The number of aromatic nitrogens is 1. The largest absolute Gasteiger partial charge is 0.489 e. The Labute approximate surface area is 104 Å². The van der Waals surface area contributed by atoms with Gasteiger partial charge in [-0.1, -0.05) is 0 Å². The summed E-state index contributed by atoms with van der Waals surface area (Å²) in [5.41, 5.74) is 7.15. The molecule has 2 N–H and O–H groups in total. The summed E-state index contributed by atoms with van der Waals surface area (Å²) < 4.78 is 5.60. The van der Waals surface area contributed by atoms with Crippen molar-refractivity contribution in [2.75, 3.05) is 20.6 Å². The molecule has 1 aromatic rings. The van der Waals surface area contributed by atoms with Crippen LogP contribution in [0.25, 0.3) is 0 Å². The second-order valence-electron chi connectivity index (χ2n) is 4.82. The number of hydrogen-bond donors (Lipinski definition) is 1. The molecule has 1 heterocycles. The summed E-state index contributed by atoms with van der Waals surface area (Å²) in [6.07, 6.45) is 4.61. The van der Waals surface area contributed by atoms with E-state index in [2.05, 4.69) is 9.88 Å². The van der Waals surface area contributed by atoms with Crippen LogP contribution in [0.3, 0.4) is 0 Å². The second-order valence-corrected chi connectivity index (χ2v) is 4.82. The first-order chi connectivity index (χ1) is 7.99. The van der Waals surface area contributed by atoms with Crippen LogP contribution in [-0.4, -0.2) is 36.6 Å². The van der Waals surface area contributed by atoms with Crippen molar-refractivity contribution in [2.45, 2.75) is 32.4 Å². The number of ether oxygens (including phenoxy) is 1. The van der Waals surface area contributed by atoms with E-state index in [1.54, 1.807) is 6.20 Å². The molecule has 1 atom stereocenters. The number of rotatable bonds is 6. The number of nitrogens with zero attached hydrogens (tertiary/aromatic N) is 2. The molecule has 1 unspecified atom stereocenters. The van der Waals surface area contributed by atoms with Crippen molar-refractivity contribution in [1.82, 2.24) is 9.88 Å². The van der Waals surface area contributed by atoms with Gasteiger partial charge in [0.1, 0.15) is 5.75 Å². The Kier molecular flexibility index (Phi) is 5.38. The second kappa shape index (κ2) is 6.57. The number of nitrogens with two attached hydrogens (primary N) is 1. The van der Waals surface area contributed by atoms with Crippen molar-refractivity contribution < 1.29 is 4.74 Å². The van der Waals surface area contributed by atoms with Gasteiger partial charge in [-0.05, 0) is 52.5 Å². The molecule has 0 bridgehead atoms. The quantitative estimate of drug-likeness (QED) is 0.820. The molecule has 0 amide bonds. The fourth-order valence-electron chi connectivity index (χ4n) is 1.54. The summed E-state index contributed by atoms with van der Waals surface area (Å²) in [5.74, 6) is 0.790. The van der Waals surface area contributed by atoms with Crippen LogP contribution >= 0.6 is 0 Å². The smallest absolute Gasteiger partial charge is 0.138 e. The van der Waals surface area contributed by atoms with Crippen LogP contribution in [0.5, 0.6) is 5.75 Å². The van der Waals surface area contributed by atoms with E-state index in [-0.39, 0.29) is 12.1 Å². The Morgan fingerprint density at radius 3 is 2.65 bits per heavy atom. The molecule has 0 saturated carbocycles. The lowest BCUT2D eigenvalue weighted by Gasteiger charge is -2.16. The molecule has 0 aliphatic rings. The molecule has 96 valence electrons. The van der Waals surface area contributed by atoms with Crippen molar-refractivity contribution in [3.05, 3.63) is 24.0 Å². The molecule has 0 radical (unpaired) electrons. The van der Waals surface area contributed by atoms with E-state index in [9.17, 15) is 0 Å². The molecule has 4 nitrogen and oxygen atoms in total. The van der Waals surface area contributed by atoms with Crippen molar-refractivity contribution in [2.24, 2.45) is 5.73 Å². The van der Waals surface area contributed by atoms with E-state index in [1.165, 1.54) is 0 Å². The van der Waals surface area contributed by atoms with Crippen molar-refractivity contribution in [3.63, 3.8) is 0 Å². The summed E-state index contributed by atoms with van der Waals surface area (Å²) in [7, 11) is 4.09. The van der Waals surface area contributed by atoms with Crippen LogP contribution in [0, 0.1) is 0 Å². The number of pyridine rings is 1. The highest BCUT2D eigenvalue weighted by molar-refractivity contribution is 5.25. The lowest BCUT2D eigenvalue weighted by molar-refractivity contribution is 0.241. The zero-order valence-corrected chi connectivity index (χ0v) is 11.2. The standard InChI is InChI=1S/C13H23N3O/c1-10(2)17-12-7-11(8-15-9-12)13(14)5-6-16(3)4/h7-10,13H,5-6,14H2,1-4H3. The van der Waals surface area contributed by atoms with Gasteiger partial charge >= 0.3 is 0 Å². The van der Waals surface area contributed by atoms with E-state index in [0.29, 0.717) is 0 Å². The van der Waals surface area contributed by atoms with Gasteiger partial charge in [-0.15, -0.1) is 0 Å². The van der Waals surface area contributed by atoms with Gasteiger partial charge in [-0.2, -0.15) is 0 Å². The molecular weight excluding hydrogens is 214 g/mol. The summed E-state index contributed by atoms with van der Waals surface area (Å²) in [5, 5.41) is 0. The summed E-state index contributed by atoms with van der Waals surface area (Å²) in [6, 6.07) is 1.99. The summed E-state index contributed by atoms with van der Waals surface area (Å²) in [4.78, 5) is 6.29. The van der Waals surface area contributed by atoms with Crippen LogP contribution in [0.1, 0.15) is 31.9 Å². The van der Waals surface area contributed by atoms with E-state index in [0.717, 1.165) is 24.3 Å². The van der Waals surface area contributed by atoms with Gasteiger partial charge in [-0.3, -0.25) is 4.98 Å². The number of hydrogen-bond acceptors (Lipinski definition) is 4. The molecule has 0 aliphatic carbocycles. The maximum atomic E-state index is 6.12. The fourth-order valence-corrected chi connectivity index (χ4v) is 1.54. The lowest BCUT2D eigenvalue weighted by Crippen LogP contribution is -2.20. The highest BCUT2D eigenvalue weighted by Gasteiger charge is 2.08. The van der Waals surface area contributed by atoms with Crippen LogP contribution in [0.15, 0.2) is 18.5 Å². The predicted molar refractivity (Wildman–Crippen MR) is 70.1 cm³/mol. The molecule has 4 heteroatoms. The molecule has 1 rings (SSSR count). The average molecular weight is 237 g/mol. The monoisotopic (exact) mass is 237 g/mol.